The third-order valence-corrected chi connectivity index (χ3v) is 12.1. The predicted octanol–water partition coefficient (Wildman–Crippen LogP) is 14.3. The zero-order valence-corrected chi connectivity index (χ0v) is 40.4. The van der Waals surface area contributed by atoms with Crippen LogP contribution in [0.3, 0.4) is 0 Å². The molecule has 0 rings (SSSR count). The molecular weight excluding hydrogens is 756 g/mol. The van der Waals surface area contributed by atoms with Gasteiger partial charge in [0.1, 0.15) is 13.2 Å². The second-order valence-electron chi connectivity index (χ2n) is 18.2. The fourth-order valence-electron chi connectivity index (χ4n) is 7.13. The smallest absolute Gasteiger partial charge is 0.387 e. The Morgan fingerprint density at radius 1 is 0.559 bits per heavy atom. The van der Waals surface area contributed by atoms with E-state index in [9.17, 15) is 19.4 Å². The van der Waals surface area contributed by atoms with Crippen molar-refractivity contribution in [3.63, 3.8) is 0 Å². The number of hydrogen-bond acceptors (Lipinski definition) is 5. The molecule has 3 N–H and O–H groups in total. The van der Waals surface area contributed by atoms with Crippen LogP contribution < -0.4 is 5.32 Å². The lowest BCUT2D eigenvalue weighted by Gasteiger charge is -2.25. The van der Waals surface area contributed by atoms with Crippen LogP contribution in [-0.2, 0) is 18.4 Å². The summed E-state index contributed by atoms with van der Waals surface area (Å²) in [6.07, 6.45) is 52.2. The largest absolute Gasteiger partial charge is 0.472 e. The number of likely N-dealkylation sites (N-methyl/N-ethyl adjacent to an activating group) is 1. The normalized spacial score (nSPS) is 14.5. The lowest BCUT2D eigenvalue weighted by molar-refractivity contribution is -0.870. The van der Waals surface area contributed by atoms with Crippen molar-refractivity contribution in [2.24, 2.45) is 0 Å². The van der Waals surface area contributed by atoms with E-state index in [-0.39, 0.29) is 19.1 Å². The molecule has 0 fully saturated rings. The van der Waals surface area contributed by atoms with E-state index in [0.29, 0.717) is 17.4 Å². The van der Waals surface area contributed by atoms with Crippen LogP contribution in [0.25, 0.3) is 0 Å². The molecule has 0 aromatic rings. The Bertz CT molecular complexity index is 1060. The van der Waals surface area contributed by atoms with Gasteiger partial charge in [0.25, 0.3) is 0 Å². The molecule has 0 saturated carbocycles. The Hall–Kier alpha value is -1.28. The van der Waals surface area contributed by atoms with E-state index >= 15 is 0 Å². The number of nitrogens with zero attached hydrogens (tertiary/aromatic N) is 1. The number of phosphoric acid groups is 1. The number of quaternary nitrogens is 1. The van der Waals surface area contributed by atoms with Crippen molar-refractivity contribution in [3.05, 3.63) is 36.5 Å². The van der Waals surface area contributed by atoms with E-state index in [1.54, 1.807) is 6.08 Å². The number of nitrogens with one attached hydrogen (secondary N) is 1. The number of aliphatic hydroxyl groups excluding tert-OH is 1. The summed E-state index contributed by atoms with van der Waals surface area (Å²) in [6, 6.07) is -0.866. The Labute approximate surface area is 366 Å². The summed E-state index contributed by atoms with van der Waals surface area (Å²) in [5.74, 6) is -0.188. The quantitative estimate of drug-likeness (QED) is 0.0244. The fourth-order valence-corrected chi connectivity index (χ4v) is 7.87. The van der Waals surface area contributed by atoms with Gasteiger partial charge in [0.2, 0.25) is 5.91 Å². The molecule has 0 radical (unpaired) electrons. The maximum absolute atomic E-state index is 12.9. The summed E-state index contributed by atoms with van der Waals surface area (Å²) >= 11 is 0. The topological polar surface area (TPSA) is 105 Å². The molecule has 0 spiro atoms. The molecule has 348 valence electrons. The van der Waals surface area contributed by atoms with Gasteiger partial charge in [-0.3, -0.25) is 13.8 Å². The summed E-state index contributed by atoms with van der Waals surface area (Å²) in [6.45, 7) is 4.80. The van der Waals surface area contributed by atoms with Crippen molar-refractivity contribution in [3.8, 4) is 0 Å². The molecule has 0 saturated heterocycles. The lowest BCUT2D eigenvalue weighted by atomic mass is 10.0. The average Bonchev–Trinajstić information content (AvgIpc) is 3.19. The minimum atomic E-state index is -4.35. The van der Waals surface area contributed by atoms with Gasteiger partial charge in [-0.1, -0.05) is 211 Å². The molecule has 3 atom stereocenters. The molecule has 0 heterocycles. The highest BCUT2D eigenvalue weighted by molar-refractivity contribution is 7.47. The van der Waals surface area contributed by atoms with Gasteiger partial charge in [-0.05, 0) is 44.9 Å². The van der Waals surface area contributed by atoms with Crippen LogP contribution in [0.5, 0.6) is 0 Å². The Kier molecular flexibility index (Phi) is 41.1. The summed E-state index contributed by atoms with van der Waals surface area (Å²) in [5.41, 5.74) is 0. The first-order chi connectivity index (χ1) is 28.5. The summed E-state index contributed by atoms with van der Waals surface area (Å²) in [5, 5.41) is 13.8. The molecule has 0 aliphatic heterocycles. The van der Waals surface area contributed by atoms with Gasteiger partial charge in [0.05, 0.1) is 39.9 Å². The maximum atomic E-state index is 12.9. The Morgan fingerprint density at radius 2 is 0.932 bits per heavy atom. The number of allylic oxidation sites excluding steroid dienone is 5. The van der Waals surface area contributed by atoms with Crippen LogP contribution in [0, 0.1) is 0 Å². The average molecular weight is 854 g/mol. The van der Waals surface area contributed by atoms with Crippen molar-refractivity contribution < 1.29 is 32.9 Å². The molecule has 3 unspecified atom stereocenters. The number of rotatable bonds is 45. The zero-order valence-electron chi connectivity index (χ0n) is 39.5. The van der Waals surface area contributed by atoms with Crippen molar-refractivity contribution >= 4 is 13.7 Å². The third-order valence-electron chi connectivity index (χ3n) is 11.1. The molecular formula is C50H98N2O6P+. The number of hydrogen-bond donors (Lipinski definition) is 3. The standard InChI is InChI=1S/C50H97N2O6P/c1-6-8-10-12-14-16-18-20-22-24-25-26-28-30-32-34-36-38-40-42-44-50(54)51-48(47-58-59(55,56)57-46-45-52(3,4)5)49(53)43-41-39-37-35-33-31-29-27-23-21-19-17-15-13-11-9-7-2/h23,27,33,35,41,43,48-49,53H,6-22,24-26,28-32,34,36-40,42,44-47H2,1-5H3,(H-,51,54,55,56)/p+1/b27-23+,35-33+,43-41+. The van der Waals surface area contributed by atoms with Crippen LogP contribution in [-0.4, -0.2) is 73.4 Å². The SMILES string of the molecule is CCCCCCCCC/C=C/CC/C=C/CC/C=C/C(O)C(COP(=O)(O)OCC[N+](C)(C)C)NC(=O)CCCCCCCCCCCCCCCCCCCCCC. The second kappa shape index (κ2) is 42.0. The van der Waals surface area contributed by atoms with Gasteiger partial charge in [-0.15, -0.1) is 0 Å². The number of aliphatic hydroxyl groups is 1. The molecule has 0 bridgehead atoms. The number of unbranched alkanes of at least 4 members (excludes halogenated alkanes) is 28. The van der Waals surface area contributed by atoms with Crippen LogP contribution in [0.15, 0.2) is 36.5 Å². The first-order valence-electron chi connectivity index (χ1n) is 24.9. The number of carbonyl (C=O) groups excluding carboxylic acids is 1. The van der Waals surface area contributed by atoms with Crippen LogP contribution in [0.2, 0.25) is 0 Å². The lowest BCUT2D eigenvalue weighted by Crippen LogP contribution is -2.45. The molecule has 0 aliphatic carbocycles. The van der Waals surface area contributed by atoms with Gasteiger partial charge in [-0.2, -0.15) is 0 Å². The molecule has 1 amide bonds. The highest BCUT2D eigenvalue weighted by Crippen LogP contribution is 2.43. The molecule has 8 nitrogen and oxygen atoms in total. The van der Waals surface area contributed by atoms with E-state index in [1.165, 1.54) is 161 Å². The van der Waals surface area contributed by atoms with Gasteiger partial charge >= 0.3 is 7.82 Å². The molecule has 0 aromatic carbocycles. The van der Waals surface area contributed by atoms with Crippen molar-refractivity contribution in [1.29, 1.82) is 0 Å². The van der Waals surface area contributed by atoms with E-state index in [2.05, 4.69) is 43.5 Å². The van der Waals surface area contributed by atoms with E-state index < -0.39 is 20.0 Å². The van der Waals surface area contributed by atoms with Crippen LogP contribution >= 0.6 is 7.82 Å². The predicted molar refractivity (Wildman–Crippen MR) is 254 cm³/mol. The minimum Gasteiger partial charge on any atom is -0.387 e. The molecule has 9 heteroatoms. The van der Waals surface area contributed by atoms with Crippen molar-refractivity contribution in [2.75, 3.05) is 40.9 Å². The second-order valence-corrected chi connectivity index (χ2v) is 19.6. The summed E-state index contributed by atoms with van der Waals surface area (Å²) in [4.78, 5) is 23.2. The highest BCUT2D eigenvalue weighted by atomic mass is 31.2. The van der Waals surface area contributed by atoms with Crippen molar-refractivity contribution in [1.82, 2.24) is 5.32 Å². The first kappa shape index (κ1) is 57.7. The monoisotopic (exact) mass is 854 g/mol. The van der Waals surface area contributed by atoms with Crippen LogP contribution in [0.4, 0.5) is 0 Å². The van der Waals surface area contributed by atoms with Gasteiger partial charge in [0.15, 0.2) is 0 Å². The molecule has 59 heavy (non-hydrogen) atoms. The first-order valence-corrected chi connectivity index (χ1v) is 26.4. The molecule has 0 aliphatic rings. The van der Waals surface area contributed by atoms with Crippen molar-refractivity contribution in [2.45, 2.75) is 238 Å². The van der Waals surface area contributed by atoms with E-state index in [1.807, 2.05) is 27.2 Å². The Balaban J connectivity index is 4.37. The number of phosphoric ester groups is 1. The zero-order chi connectivity index (χ0) is 43.6. The highest BCUT2D eigenvalue weighted by Gasteiger charge is 2.27. The van der Waals surface area contributed by atoms with E-state index in [4.69, 9.17) is 9.05 Å². The summed E-state index contributed by atoms with van der Waals surface area (Å²) in [7, 11) is 1.55. The maximum Gasteiger partial charge on any atom is 0.472 e. The molecule has 0 aromatic heterocycles. The summed E-state index contributed by atoms with van der Waals surface area (Å²) < 4.78 is 23.6. The number of carbonyl (C=O) groups is 1. The van der Waals surface area contributed by atoms with Gasteiger partial charge in [0, 0.05) is 6.42 Å². The van der Waals surface area contributed by atoms with Crippen LogP contribution in [0.1, 0.15) is 226 Å². The minimum absolute atomic E-state index is 0.0548. The van der Waals surface area contributed by atoms with E-state index in [0.717, 1.165) is 44.9 Å². The fraction of sp³-hybridized carbons (Fsp3) is 0.860. The third kappa shape index (κ3) is 44.6. The Morgan fingerprint density at radius 3 is 1.36 bits per heavy atom. The number of amides is 1. The van der Waals surface area contributed by atoms with Gasteiger partial charge in [-0.25, -0.2) is 4.57 Å². The van der Waals surface area contributed by atoms with Gasteiger partial charge < -0.3 is 19.8 Å².